The molecule has 56 valence electrons. The van der Waals surface area contributed by atoms with E-state index in [0.717, 1.165) is 0 Å². The minimum absolute atomic E-state index is 1.80. The predicted molar refractivity (Wildman–Crippen MR) is 22.4 cm³/mol. The van der Waals surface area contributed by atoms with Gasteiger partial charge in [-0.1, -0.05) is 0 Å². The molecule has 2 N–H and O–H groups in total. The van der Waals surface area contributed by atoms with Crippen LogP contribution in [0.1, 0.15) is 0 Å². The molecule has 7 heteroatoms. The van der Waals surface area contributed by atoms with Crippen LogP contribution in [-0.4, -0.2) is 28.2 Å². The Balaban J connectivity index is 4.09. The van der Waals surface area contributed by atoms with Crippen molar-refractivity contribution in [2.75, 3.05) is 0 Å². The van der Waals surface area contributed by atoms with Crippen molar-refractivity contribution in [1.29, 1.82) is 0 Å². The molecule has 10 heavy (non-hydrogen) atoms. The molecule has 0 unspecified atom stereocenters. The monoisotopic (exact) mass is 150 g/mol. The topological polar surface area (TPSA) is 110 Å². The van der Waals surface area contributed by atoms with Crippen LogP contribution >= 0.6 is 0 Å². The normalized spacial score (nSPS) is 8.20. The number of Topliss-reactive ketones (excluding diaryl/α,β-unsaturated/α-hetero) is 1. The highest BCUT2D eigenvalue weighted by atomic mass is 17.1. The molecule has 0 radical (unpaired) electrons. The molecule has 0 saturated heterocycles. The van der Waals surface area contributed by atoms with E-state index in [4.69, 9.17) is 10.5 Å². The van der Waals surface area contributed by atoms with Crippen LogP contribution in [-0.2, 0) is 24.2 Å². The molecular formula is C3H2O7. The van der Waals surface area contributed by atoms with Crippen molar-refractivity contribution in [3.05, 3.63) is 0 Å². The third-order valence-electron chi connectivity index (χ3n) is 0.537. The summed E-state index contributed by atoms with van der Waals surface area (Å²) >= 11 is 0. The largest absolute Gasteiger partial charge is 0.420 e. The Morgan fingerprint density at radius 2 is 1.20 bits per heavy atom. The Morgan fingerprint density at radius 1 is 0.900 bits per heavy atom. The highest BCUT2D eigenvalue weighted by Crippen LogP contribution is 1.80. The van der Waals surface area contributed by atoms with Crippen molar-refractivity contribution in [3.8, 4) is 0 Å². The smallest absolute Gasteiger partial charge is 0.291 e. The summed E-state index contributed by atoms with van der Waals surface area (Å²) in [5.74, 6) is -5.44. The first-order chi connectivity index (χ1) is 4.63. The maximum absolute atomic E-state index is 10.0. The molecule has 0 aliphatic carbocycles. The average molecular weight is 150 g/mol. The third-order valence-corrected chi connectivity index (χ3v) is 0.537. The lowest BCUT2D eigenvalue weighted by Gasteiger charge is -1.90. The zero-order chi connectivity index (χ0) is 8.15. The lowest BCUT2D eigenvalue weighted by Crippen LogP contribution is -2.26. The second-order valence-corrected chi connectivity index (χ2v) is 1.09. The molecule has 0 aliphatic heterocycles. The van der Waals surface area contributed by atoms with Gasteiger partial charge in [0.15, 0.2) is 0 Å². The Bertz CT molecular complexity index is 152. The van der Waals surface area contributed by atoms with Gasteiger partial charge in [-0.15, -0.1) is 0 Å². The lowest BCUT2D eigenvalue weighted by molar-refractivity contribution is -0.242. The van der Waals surface area contributed by atoms with Crippen LogP contribution < -0.4 is 0 Å². The highest BCUT2D eigenvalue weighted by Gasteiger charge is 2.26. The Kier molecular flexibility index (Phi) is 3.02. The van der Waals surface area contributed by atoms with E-state index >= 15 is 0 Å². The van der Waals surface area contributed by atoms with Crippen LogP contribution in [0.4, 0.5) is 0 Å². The number of hydrogen-bond donors (Lipinski definition) is 2. The van der Waals surface area contributed by atoms with Crippen LogP contribution in [0.15, 0.2) is 0 Å². The molecule has 0 bridgehead atoms. The highest BCUT2D eigenvalue weighted by molar-refractivity contribution is 6.60. The number of hydrogen-bond acceptors (Lipinski definition) is 7. The summed E-state index contributed by atoms with van der Waals surface area (Å²) in [6.07, 6.45) is 0. The van der Waals surface area contributed by atoms with Gasteiger partial charge in [-0.05, 0) is 0 Å². The van der Waals surface area contributed by atoms with Gasteiger partial charge >= 0.3 is 17.7 Å². The molecule has 0 amide bonds. The molecule has 0 aliphatic rings. The van der Waals surface area contributed by atoms with Crippen LogP contribution in [0.25, 0.3) is 0 Å². The van der Waals surface area contributed by atoms with Gasteiger partial charge in [-0.25, -0.2) is 9.59 Å². The molecule has 0 spiro atoms. The van der Waals surface area contributed by atoms with Crippen molar-refractivity contribution in [3.63, 3.8) is 0 Å². The first-order valence-corrected chi connectivity index (χ1v) is 1.89. The maximum atomic E-state index is 10.0. The standard InChI is InChI=1S/C3H2O7/c4-1(2(5)9-7)3(6)10-8/h7-8H. The van der Waals surface area contributed by atoms with E-state index in [1.165, 1.54) is 0 Å². The molecule has 0 fully saturated rings. The Hall–Kier alpha value is -1.47. The molecule has 0 aromatic heterocycles. The van der Waals surface area contributed by atoms with E-state index in [1.807, 2.05) is 0 Å². The van der Waals surface area contributed by atoms with Crippen molar-refractivity contribution >= 4 is 17.7 Å². The lowest BCUT2D eigenvalue weighted by atomic mass is 10.4. The first-order valence-electron chi connectivity index (χ1n) is 1.89. The quantitative estimate of drug-likeness (QED) is 0.215. The Morgan fingerprint density at radius 3 is 1.40 bits per heavy atom. The minimum atomic E-state index is -1.82. The van der Waals surface area contributed by atoms with Gasteiger partial charge in [-0.2, -0.15) is 10.5 Å². The zero-order valence-electron chi connectivity index (χ0n) is 4.44. The van der Waals surface area contributed by atoms with E-state index in [1.54, 1.807) is 0 Å². The van der Waals surface area contributed by atoms with Crippen LogP contribution in [0.2, 0.25) is 0 Å². The summed E-state index contributed by atoms with van der Waals surface area (Å²) in [6.45, 7) is 0. The Labute approximate surface area is 53.6 Å². The van der Waals surface area contributed by atoms with Gasteiger partial charge in [-0.3, -0.25) is 14.6 Å². The maximum Gasteiger partial charge on any atom is 0.420 e. The average Bonchev–Trinajstić information content (AvgIpc) is 2.00. The van der Waals surface area contributed by atoms with Gasteiger partial charge in [0.25, 0.3) is 0 Å². The SMILES string of the molecule is O=C(OO)C(=O)C(=O)OO. The number of rotatable bonds is 2. The summed E-state index contributed by atoms with van der Waals surface area (Å²) in [7, 11) is 0. The van der Waals surface area contributed by atoms with Gasteiger partial charge in [0.2, 0.25) is 0 Å². The number of carbonyl (C=O) groups is 3. The minimum Gasteiger partial charge on any atom is -0.291 e. The van der Waals surface area contributed by atoms with Crippen molar-refractivity contribution < 1.29 is 34.7 Å². The number of carbonyl (C=O) groups excluding carboxylic acids is 3. The molecule has 0 saturated carbocycles. The third kappa shape index (κ3) is 1.80. The van der Waals surface area contributed by atoms with Crippen LogP contribution in [0, 0.1) is 0 Å². The molecular weight excluding hydrogens is 148 g/mol. The van der Waals surface area contributed by atoms with Crippen LogP contribution in [0.3, 0.4) is 0 Å². The fraction of sp³-hybridized carbons (Fsp3) is 0. The van der Waals surface area contributed by atoms with Crippen molar-refractivity contribution in [1.82, 2.24) is 0 Å². The van der Waals surface area contributed by atoms with E-state index < -0.39 is 17.7 Å². The van der Waals surface area contributed by atoms with Gasteiger partial charge in [0.1, 0.15) is 0 Å². The number of ketones is 1. The molecule has 7 nitrogen and oxygen atoms in total. The van der Waals surface area contributed by atoms with Gasteiger partial charge in [0.05, 0.1) is 0 Å². The molecule has 0 atom stereocenters. The summed E-state index contributed by atoms with van der Waals surface area (Å²) < 4.78 is 0. The summed E-state index contributed by atoms with van der Waals surface area (Å²) in [5.41, 5.74) is 0. The summed E-state index contributed by atoms with van der Waals surface area (Å²) in [5, 5.41) is 15.0. The van der Waals surface area contributed by atoms with Crippen molar-refractivity contribution in [2.45, 2.75) is 0 Å². The predicted octanol–water partition coefficient (Wildman–Crippen LogP) is -1.41. The van der Waals surface area contributed by atoms with Gasteiger partial charge < -0.3 is 0 Å². The molecule has 0 rings (SSSR count). The molecule has 0 heterocycles. The van der Waals surface area contributed by atoms with Gasteiger partial charge in [0, 0.05) is 0 Å². The fourth-order valence-electron chi connectivity index (χ4n) is 0.166. The summed E-state index contributed by atoms with van der Waals surface area (Å²) in [6, 6.07) is 0. The first kappa shape index (κ1) is 8.53. The molecule has 0 aromatic rings. The second-order valence-electron chi connectivity index (χ2n) is 1.09. The van der Waals surface area contributed by atoms with E-state index in [0.29, 0.717) is 0 Å². The van der Waals surface area contributed by atoms with E-state index in [9.17, 15) is 14.4 Å². The van der Waals surface area contributed by atoms with E-state index in [-0.39, 0.29) is 0 Å². The summed E-state index contributed by atoms with van der Waals surface area (Å²) in [4.78, 5) is 35.5. The molecule has 0 aromatic carbocycles. The fourth-order valence-corrected chi connectivity index (χ4v) is 0.166. The van der Waals surface area contributed by atoms with Crippen LogP contribution in [0.5, 0.6) is 0 Å². The van der Waals surface area contributed by atoms with E-state index in [2.05, 4.69) is 9.78 Å². The van der Waals surface area contributed by atoms with Crippen molar-refractivity contribution in [2.24, 2.45) is 0 Å². The second kappa shape index (κ2) is 3.54. The zero-order valence-corrected chi connectivity index (χ0v) is 4.44.